The Hall–Kier alpha value is -3.73. The summed E-state index contributed by atoms with van der Waals surface area (Å²) < 4.78 is 5.60. The lowest BCUT2D eigenvalue weighted by atomic mass is 9.81. The van der Waals surface area contributed by atoms with Crippen LogP contribution in [-0.2, 0) is 9.59 Å². The maximum absolute atomic E-state index is 12.7. The van der Waals surface area contributed by atoms with E-state index in [0.717, 1.165) is 31.7 Å². The van der Waals surface area contributed by atoms with Gasteiger partial charge in [0, 0.05) is 6.07 Å². The summed E-state index contributed by atoms with van der Waals surface area (Å²) in [5.74, 6) is -0.451. The normalized spacial score (nSPS) is 20.9. The van der Waals surface area contributed by atoms with Gasteiger partial charge in [0.2, 0.25) is 17.6 Å². The van der Waals surface area contributed by atoms with Crippen molar-refractivity contribution in [1.29, 1.82) is 5.26 Å². The molecule has 1 aliphatic carbocycles. The van der Waals surface area contributed by atoms with Crippen LogP contribution in [0.3, 0.4) is 0 Å². The molecule has 8 heteroatoms. The number of nitro benzene ring substituents is 1. The number of rotatable bonds is 4. The first kappa shape index (κ1) is 18.6. The van der Waals surface area contributed by atoms with Crippen molar-refractivity contribution in [3.63, 3.8) is 0 Å². The summed E-state index contributed by atoms with van der Waals surface area (Å²) in [5.41, 5.74) is 0.310. The van der Waals surface area contributed by atoms with E-state index in [0.29, 0.717) is 11.4 Å². The van der Waals surface area contributed by atoms with Gasteiger partial charge in [-0.15, -0.1) is 0 Å². The molecule has 2 aliphatic rings. The van der Waals surface area contributed by atoms with Crippen molar-refractivity contribution in [2.24, 2.45) is 11.8 Å². The first-order valence-electron chi connectivity index (χ1n) is 9.34. The van der Waals surface area contributed by atoms with Crippen LogP contribution in [0.2, 0.25) is 0 Å². The topological polar surface area (TPSA) is 114 Å². The molecule has 4 rings (SSSR count). The molecule has 1 saturated carbocycles. The van der Waals surface area contributed by atoms with E-state index in [1.807, 2.05) is 6.07 Å². The fraction of sp³-hybridized carbons (Fsp3) is 0.286. The fourth-order valence-electron chi connectivity index (χ4n) is 4.02. The summed E-state index contributed by atoms with van der Waals surface area (Å²) in [4.78, 5) is 37.2. The summed E-state index contributed by atoms with van der Waals surface area (Å²) in [5, 5.41) is 20.1. The van der Waals surface area contributed by atoms with Crippen LogP contribution in [0.15, 0.2) is 42.5 Å². The van der Waals surface area contributed by atoms with E-state index < -0.39 is 4.92 Å². The molecule has 2 aromatic carbocycles. The molecule has 2 amide bonds. The van der Waals surface area contributed by atoms with Crippen LogP contribution < -0.4 is 9.64 Å². The Bertz CT molecular complexity index is 1020. The van der Waals surface area contributed by atoms with Crippen LogP contribution in [0, 0.1) is 33.3 Å². The highest BCUT2D eigenvalue weighted by Crippen LogP contribution is 2.40. The third-order valence-electron chi connectivity index (χ3n) is 5.45. The number of carbonyl (C=O) groups is 2. The molecule has 1 aliphatic heterocycles. The van der Waals surface area contributed by atoms with Crippen molar-refractivity contribution in [3.8, 4) is 17.6 Å². The van der Waals surface area contributed by atoms with Gasteiger partial charge >= 0.3 is 5.69 Å². The number of hydrogen-bond donors (Lipinski definition) is 0. The van der Waals surface area contributed by atoms with Crippen molar-refractivity contribution in [2.45, 2.75) is 25.7 Å². The predicted molar refractivity (Wildman–Crippen MR) is 102 cm³/mol. The third-order valence-corrected chi connectivity index (χ3v) is 5.45. The molecular weight excluding hydrogens is 374 g/mol. The van der Waals surface area contributed by atoms with Gasteiger partial charge in [0.15, 0.2) is 0 Å². The van der Waals surface area contributed by atoms with Crippen molar-refractivity contribution in [3.05, 3.63) is 58.1 Å². The van der Waals surface area contributed by atoms with E-state index in [1.54, 1.807) is 24.3 Å². The lowest BCUT2D eigenvalue weighted by Crippen LogP contribution is -2.30. The molecule has 1 heterocycles. The average molecular weight is 391 g/mol. The van der Waals surface area contributed by atoms with E-state index in [2.05, 4.69) is 0 Å². The maximum atomic E-state index is 12.7. The monoisotopic (exact) mass is 391 g/mol. The van der Waals surface area contributed by atoms with Gasteiger partial charge in [-0.2, -0.15) is 5.26 Å². The van der Waals surface area contributed by atoms with Gasteiger partial charge in [-0.3, -0.25) is 24.6 Å². The second kappa shape index (κ2) is 7.36. The third kappa shape index (κ3) is 3.31. The molecule has 0 bridgehead atoms. The van der Waals surface area contributed by atoms with Crippen molar-refractivity contribution >= 4 is 23.2 Å². The number of benzene rings is 2. The molecule has 0 spiro atoms. The highest BCUT2D eigenvalue weighted by molar-refractivity contribution is 6.22. The van der Waals surface area contributed by atoms with E-state index in [1.165, 1.54) is 17.0 Å². The van der Waals surface area contributed by atoms with Gasteiger partial charge < -0.3 is 4.74 Å². The molecule has 2 fully saturated rings. The van der Waals surface area contributed by atoms with Crippen molar-refractivity contribution in [1.82, 2.24) is 0 Å². The minimum absolute atomic E-state index is 0.00101. The Balaban J connectivity index is 1.56. The van der Waals surface area contributed by atoms with Crippen LogP contribution >= 0.6 is 0 Å². The number of nitriles is 1. The van der Waals surface area contributed by atoms with E-state index in [9.17, 15) is 19.7 Å². The number of ether oxygens (including phenoxy) is 1. The Labute approximate surface area is 166 Å². The number of anilines is 1. The van der Waals surface area contributed by atoms with Crippen LogP contribution in [0.5, 0.6) is 11.5 Å². The Morgan fingerprint density at radius 3 is 2.21 bits per heavy atom. The van der Waals surface area contributed by atoms with Gasteiger partial charge in [0.05, 0.1) is 34.1 Å². The fourth-order valence-corrected chi connectivity index (χ4v) is 4.02. The summed E-state index contributed by atoms with van der Waals surface area (Å²) in [7, 11) is 0. The largest absolute Gasteiger partial charge is 0.450 e. The summed E-state index contributed by atoms with van der Waals surface area (Å²) in [6, 6.07) is 12.1. The lowest BCUT2D eigenvalue weighted by Gasteiger charge is -2.19. The molecular formula is C21H17N3O5. The van der Waals surface area contributed by atoms with Crippen LogP contribution in [0.4, 0.5) is 11.4 Å². The summed E-state index contributed by atoms with van der Waals surface area (Å²) in [6.07, 6.45) is 3.42. The number of imide groups is 1. The highest BCUT2D eigenvalue weighted by atomic mass is 16.6. The first-order valence-corrected chi connectivity index (χ1v) is 9.34. The number of carbonyl (C=O) groups excluding carboxylic acids is 2. The quantitative estimate of drug-likeness (QED) is 0.443. The zero-order valence-electron chi connectivity index (χ0n) is 15.4. The number of nitro groups is 1. The predicted octanol–water partition coefficient (Wildman–Crippen LogP) is 3.94. The van der Waals surface area contributed by atoms with Crippen LogP contribution in [-0.4, -0.2) is 16.7 Å². The molecule has 8 nitrogen and oxygen atoms in total. The van der Waals surface area contributed by atoms with Gasteiger partial charge in [0.1, 0.15) is 5.75 Å². The van der Waals surface area contributed by atoms with Crippen LogP contribution in [0.1, 0.15) is 31.2 Å². The smallest absolute Gasteiger partial charge is 0.312 e. The molecule has 2 aromatic rings. The van der Waals surface area contributed by atoms with Gasteiger partial charge in [-0.05, 0) is 49.2 Å². The molecule has 2 atom stereocenters. The lowest BCUT2D eigenvalue weighted by molar-refractivity contribution is -0.385. The number of hydrogen-bond acceptors (Lipinski definition) is 6. The molecule has 1 saturated heterocycles. The number of amides is 2. The first-order chi connectivity index (χ1) is 14.0. The Kier molecular flexibility index (Phi) is 4.72. The minimum atomic E-state index is -0.617. The SMILES string of the molecule is N#Cc1ccc(Oc2ccc(N3C(=O)C4CCCCC4C3=O)cc2)c([N+](=O)[O-])c1. The van der Waals surface area contributed by atoms with E-state index >= 15 is 0 Å². The average Bonchev–Trinajstić information content (AvgIpc) is 2.99. The molecule has 146 valence electrons. The second-order valence-electron chi connectivity index (χ2n) is 7.16. The second-order valence-corrected chi connectivity index (χ2v) is 7.16. The van der Waals surface area contributed by atoms with Crippen LogP contribution in [0.25, 0.3) is 0 Å². The summed E-state index contributed by atoms with van der Waals surface area (Å²) in [6.45, 7) is 0. The zero-order valence-corrected chi connectivity index (χ0v) is 15.4. The number of fused-ring (bicyclic) bond motifs is 1. The van der Waals surface area contributed by atoms with Crippen molar-refractivity contribution in [2.75, 3.05) is 4.90 Å². The summed E-state index contributed by atoms with van der Waals surface area (Å²) >= 11 is 0. The van der Waals surface area contributed by atoms with Gasteiger partial charge in [-0.25, -0.2) is 0 Å². The zero-order chi connectivity index (χ0) is 20.5. The minimum Gasteiger partial charge on any atom is -0.450 e. The molecule has 0 N–H and O–H groups in total. The standard InChI is InChI=1S/C21H17N3O5/c22-12-13-5-10-19(18(11-13)24(27)28)29-15-8-6-14(7-9-15)23-20(25)16-3-1-2-4-17(16)21(23)26/h5-11,16-17H,1-4H2. The molecule has 2 unspecified atom stereocenters. The molecule has 29 heavy (non-hydrogen) atoms. The highest BCUT2D eigenvalue weighted by Gasteiger charge is 2.48. The molecule has 0 aromatic heterocycles. The van der Waals surface area contributed by atoms with E-state index in [-0.39, 0.29) is 40.7 Å². The Morgan fingerprint density at radius 1 is 1.03 bits per heavy atom. The maximum Gasteiger partial charge on any atom is 0.312 e. The van der Waals surface area contributed by atoms with Gasteiger partial charge in [0.25, 0.3) is 0 Å². The van der Waals surface area contributed by atoms with Crippen molar-refractivity contribution < 1.29 is 19.2 Å². The Morgan fingerprint density at radius 2 is 1.66 bits per heavy atom. The van der Waals surface area contributed by atoms with Gasteiger partial charge in [-0.1, -0.05) is 12.8 Å². The number of nitrogens with zero attached hydrogens (tertiary/aromatic N) is 3. The molecule has 0 radical (unpaired) electrons. The van der Waals surface area contributed by atoms with E-state index in [4.69, 9.17) is 10.00 Å².